The van der Waals surface area contributed by atoms with E-state index in [1.54, 1.807) is 6.20 Å². The Morgan fingerprint density at radius 3 is 2.67 bits per heavy atom. The maximum absolute atomic E-state index is 12.0. The van der Waals surface area contributed by atoms with Gasteiger partial charge in [-0.2, -0.15) is 5.26 Å². The van der Waals surface area contributed by atoms with Crippen molar-refractivity contribution in [3.63, 3.8) is 0 Å². The molecule has 1 amide bonds. The highest BCUT2D eigenvalue weighted by Crippen LogP contribution is 2.34. The fourth-order valence-corrected chi connectivity index (χ4v) is 5.45. The summed E-state index contributed by atoms with van der Waals surface area (Å²) in [6.45, 7) is 6.46. The monoisotopic (exact) mass is 521 g/mol. The molecule has 0 aliphatic carbocycles. The number of nitrogens with zero attached hydrogens (tertiary/aromatic N) is 4. The molecule has 0 spiro atoms. The second-order valence-electron chi connectivity index (χ2n) is 9.99. The molecule has 0 radical (unpaired) electrons. The Morgan fingerprint density at radius 2 is 1.90 bits per heavy atom. The number of fused-ring (bicyclic) bond motifs is 1. The molecule has 2 saturated heterocycles. The van der Waals surface area contributed by atoms with E-state index in [0.717, 1.165) is 66.1 Å². The number of pyridine rings is 1. The molecule has 1 N–H and O–H groups in total. The number of nitriles is 1. The van der Waals surface area contributed by atoms with Gasteiger partial charge in [0.25, 0.3) is 0 Å². The summed E-state index contributed by atoms with van der Waals surface area (Å²) in [6, 6.07) is 20.7. The molecule has 8 heteroatoms. The predicted octanol–water partition coefficient (Wildman–Crippen LogP) is 4.99. The van der Waals surface area contributed by atoms with Crippen LogP contribution in [0.15, 0.2) is 60.8 Å². The smallest absolute Gasteiger partial charge is 0.222 e. The Balaban J connectivity index is 1.24. The normalized spacial score (nSPS) is 17.4. The van der Waals surface area contributed by atoms with Gasteiger partial charge in [-0.15, -0.1) is 0 Å². The summed E-state index contributed by atoms with van der Waals surface area (Å²) in [7, 11) is 0. The van der Waals surface area contributed by atoms with Gasteiger partial charge in [0, 0.05) is 55.4 Å². The van der Waals surface area contributed by atoms with Gasteiger partial charge >= 0.3 is 0 Å². The van der Waals surface area contributed by atoms with Crippen LogP contribution >= 0.6 is 0 Å². The first-order chi connectivity index (χ1) is 19.1. The molecule has 2 aliphatic heterocycles. The van der Waals surface area contributed by atoms with Crippen molar-refractivity contribution < 1.29 is 14.3 Å². The van der Waals surface area contributed by atoms with Crippen molar-refractivity contribution in [1.82, 2.24) is 14.9 Å². The van der Waals surface area contributed by atoms with Gasteiger partial charge in [-0.25, -0.2) is 4.98 Å². The van der Waals surface area contributed by atoms with Crippen LogP contribution in [-0.2, 0) is 9.53 Å². The molecular formula is C31H31N5O3. The van der Waals surface area contributed by atoms with Crippen LogP contribution in [-0.4, -0.2) is 66.3 Å². The highest BCUT2D eigenvalue weighted by molar-refractivity contribution is 5.96. The molecule has 2 aliphatic rings. The number of amides is 1. The second-order valence-corrected chi connectivity index (χ2v) is 9.99. The zero-order valence-electron chi connectivity index (χ0n) is 22.0. The van der Waals surface area contributed by atoms with Gasteiger partial charge in [0.2, 0.25) is 5.91 Å². The number of ether oxygens (including phenoxy) is 2. The van der Waals surface area contributed by atoms with E-state index in [2.05, 4.69) is 51.3 Å². The molecule has 4 aromatic rings. The van der Waals surface area contributed by atoms with Crippen molar-refractivity contribution in [3.8, 4) is 34.2 Å². The van der Waals surface area contributed by atoms with Crippen LogP contribution in [0.5, 0.6) is 5.75 Å². The van der Waals surface area contributed by atoms with E-state index < -0.39 is 0 Å². The molecule has 198 valence electrons. The van der Waals surface area contributed by atoms with Gasteiger partial charge in [-0.1, -0.05) is 25.1 Å². The van der Waals surface area contributed by atoms with Gasteiger partial charge in [-0.05, 0) is 53.1 Å². The van der Waals surface area contributed by atoms with E-state index in [1.807, 2.05) is 36.1 Å². The number of hydrogen-bond donors (Lipinski definition) is 1. The number of anilines is 1. The summed E-state index contributed by atoms with van der Waals surface area (Å²) in [5.41, 5.74) is 6.48. The molecule has 39 heavy (non-hydrogen) atoms. The number of aromatic amines is 1. The highest BCUT2D eigenvalue weighted by Gasteiger charge is 2.27. The van der Waals surface area contributed by atoms with E-state index >= 15 is 0 Å². The van der Waals surface area contributed by atoms with Crippen LogP contribution in [0.4, 0.5) is 5.69 Å². The fraction of sp³-hybridized carbons (Fsp3) is 0.323. The maximum Gasteiger partial charge on any atom is 0.222 e. The minimum atomic E-state index is -0.104. The quantitative estimate of drug-likeness (QED) is 0.384. The van der Waals surface area contributed by atoms with Crippen molar-refractivity contribution in [2.24, 2.45) is 0 Å². The number of likely N-dealkylation sites (tertiary alicyclic amines) is 1. The number of carbonyl (C=O) groups excluding carboxylic acids is 1. The Hall–Kier alpha value is -4.35. The number of rotatable bonds is 6. The van der Waals surface area contributed by atoms with Crippen LogP contribution in [0.25, 0.3) is 33.4 Å². The summed E-state index contributed by atoms with van der Waals surface area (Å²) in [6.07, 6.45) is 2.94. The van der Waals surface area contributed by atoms with Crippen molar-refractivity contribution in [3.05, 3.63) is 66.4 Å². The van der Waals surface area contributed by atoms with Crippen LogP contribution < -0.4 is 9.64 Å². The van der Waals surface area contributed by atoms with Crippen LogP contribution in [0.3, 0.4) is 0 Å². The Labute approximate surface area is 227 Å². The lowest BCUT2D eigenvalue weighted by Crippen LogP contribution is -2.36. The average Bonchev–Trinajstić information content (AvgIpc) is 3.65. The van der Waals surface area contributed by atoms with E-state index in [1.165, 1.54) is 5.69 Å². The summed E-state index contributed by atoms with van der Waals surface area (Å²) in [5.74, 6) is 0.690. The Kier molecular flexibility index (Phi) is 6.91. The summed E-state index contributed by atoms with van der Waals surface area (Å²) < 4.78 is 11.6. The molecule has 0 unspecified atom stereocenters. The molecular weight excluding hydrogens is 490 g/mol. The maximum atomic E-state index is 12.0. The SMILES string of the molecule is CCC(=O)N1CC[C@H](Oc2ccc(-c3ccnc4[nH]c(-c5ccc(N6CCOCC6)cc5)cc34)cc2C#N)C1. The first-order valence-corrected chi connectivity index (χ1v) is 13.5. The van der Waals surface area contributed by atoms with Crippen molar-refractivity contribution in [2.45, 2.75) is 25.9 Å². The molecule has 6 rings (SSSR count). The minimum absolute atomic E-state index is 0.104. The van der Waals surface area contributed by atoms with Gasteiger partial charge < -0.3 is 24.3 Å². The number of nitrogens with one attached hydrogen (secondary N) is 1. The summed E-state index contributed by atoms with van der Waals surface area (Å²) in [5, 5.41) is 10.9. The van der Waals surface area contributed by atoms with E-state index in [9.17, 15) is 10.1 Å². The van der Waals surface area contributed by atoms with Gasteiger partial charge in [0.1, 0.15) is 23.6 Å². The summed E-state index contributed by atoms with van der Waals surface area (Å²) >= 11 is 0. The van der Waals surface area contributed by atoms with E-state index in [-0.39, 0.29) is 12.0 Å². The largest absolute Gasteiger partial charge is 0.487 e. The van der Waals surface area contributed by atoms with Crippen LogP contribution in [0.2, 0.25) is 0 Å². The molecule has 2 aromatic carbocycles. The lowest BCUT2D eigenvalue weighted by molar-refractivity contribution is -0.130. The minimum Gasteiger partial charge on any atom is -0.487 e. The first-order valence-electron chi connectivity index (χ1n) is 13.5. The van der Waals surface area contributed by atoms with Crippen LogP contribution in [0, 0.1) is 11.3 Å². The average molecular weight is 522 g/mol. The third kappa shape index (κ3) is 5.06. The number of H-pyrrole nitrogens is 1. The molecule has 0 bridgehead atoms. The molecule has 1 atom stereocenters. The zero-order chi connectivity index (χ0) is 26.8. The second kappa shape index (κ2) is 10.8. The van der Waals surface area contributed by atoms with Gasteiger partial charge in [0.15, 0.2) is 0 Å². The predicted molar refractivity (Wildman–Crippen MR) is 151 cm³/mol. The fourth-order valence-electron chi connectivity index (χ4n) is 5.45. The van der Waals surface area contributed by atoms with Gasteiger partial charge in [0.05, 0.1) is 25.3 Å². The number of aromatic nitrogens is 2. The summed E-state index contributed by atoms with van der Waals surface area (Å²) in [4.78, 5) is 24.2. The standard InChI is InChI=1S/C31H31N5O3/c1-2-30(37)36-12-10-25(20-36)39-29-8-5-22(17-23(29)19-32)26-9-11-33-31-27(26)18-28(34-31)21-3-6-24(7-4-21)35-13-15-38-16-14-35/h3-9,11,17-18,25H,2,10,12-16,20H2,1H3,(H,33,34)/t25-/m0/s1. The molecule has 8 nitrogen and oxygen atoms in total. The Bertz CT molecular complexity index is 1530. The zero-order valence-corrected chi connectivity index (χ0v) is 22.0. The van der Waals surface area contributed by atoms with E-state index in [4.69, 9.17) is 9.47 Å². The van der Waals surface area contributed by atoms with Crippen molar-refractivity contribution >= 4 is 22.6 Å². The van der Waals surface area contributed by atoms with Crippen LogP contribution in [0.1, 0.15) is 25.3 Å². The first kappa shape index (κ1) is 25.0. The number of benzene rings is 2. The lowest BCUT2D eigenvalue weighted by atomic mass is 10.0. The van der Waals surface area contributed by atoms with Gasteiger partial charge in [-0.3, -0.25) is 4.79 Å². The molecule has 2 fully saturated rings. The third-order valence-corrected chi connectivity index (χ3v) is 7.59. The number of hydrogen-bond acceptors (Lipinski definition) is 6. The number of morpholine rings is 1. The lowest BCUT2D eigenvalue weighted by Gasteiger charge is -2.28. The highest BCUT2D eigenvalue weighted by atomic mass is 16.5. The molecule has 2 aromatic heterocycles. The molecule has 0 saturated carbocycles. The van der Waals surface area contributed by atoms with Crippen molar-refractivity contribution in [2.75, 3.05) is 44.3 Å². The Morgan fingerprint density at radius 1 is 1.10 bits per heavy atom. The topological polar surface area (TPSA) is 94.5 Å². The third-order valence-electron chi connectivity index (χ3n) is 7.59. The van der Waals surface area contributed by atoms with Crippen molar-refractivity contribution in [1.29, 1.82) is 5.26 Å². The number of carbonyl (C=O) groups is 1. The van der Waals surface area contributed by atoms with E-state index in [0.29, 0.717) is 30.8 Å². The molecule has 4 heterocycles.